The van der Waals surface area contributed by atoms with Gasteiger partial charge in [-0.25, -0.2) is 9.79 Å². The van der Waals surface area contributed by atoms with E-state index in [2.05, 4.69) is 9.88 Å². The van der Waals surface area contributed by atoms with Gasteiger partial charge in [0.05, 0.1) is 0 Å². The SMILES string of the molecule is NC(N)=NCC(=O)OO. The Morgan fingerprint density at radius 1 is 1.67 bits per heavy atom. The Bertz CT molecular complexity index is 128. The van der Waals surface area contributed by atoms with Gasteiger partial charge in [0.15, 0.2) is 5.96 Å². The number of nitrogens with zero attached hydrogens (tertiary/aromatic N) is 1. The molecule has 0 bridgehead atoms. The molecule has 0 atom stereocenters. The van der Waals surface area contributed by atoms with Gasteiger partial charge in [-0.2, -0.15) is 5.26 Å². The molecule has 0 aliphatic rings. The molecule has 0 rings (SSSR count). The molecule has 0 aromatic carbocycles. The molecule has 0 aromatic rings. The Hall–Kier alpha value is -1.30. The molecule has 0 saturated carbocycles. The standard InChI is InChI=1S/C3H7N3O3/c4-3(5)6-1-2(7)9-8/h8H,1H2,(H4,4,5,6). The molecule has 6 heteroatoms. The van der Waals surface area contributed by atoms with Gasteiger partial charge in [-0.15, -0.1) is 0 Å². The predicted molar refractivity (Wildman–Crippen MR) is 29.4 cm³/mol. The van der Waals surface area contributed by atoms with Gasteiger partial charge < -0.3 is 11.5 Å². The van der Waals surface area contributed by atoms with Gasteiger partial charge in [0, 0.05) is 0 Å². The second kappa shape index (κ2) is 3.67. The van der Waals surface area contributed by atoms with E-state index in [1.807, 2.05) is 0 Å². The van der Waals surface area contributed by atoms with Crippen LogP contribution in [0.15, 0.2) is 4.99 Å². The fourth-order valence-corrected chi connectivity index (χ4v) is 0.185. The van der Waals surface area contributed by atoms with E-state index in [0.29, 0.717) is 0 Å². The molecule has 0 aliphatic carbocycles. The van der Waals surface area contributed by atoms with Crippen LogP contribution in [0, 0.1) is 0 Å². The maximum Gasteiger partial charge on any atom is 0.363 e. The lowest BCUT2D eigenvalue weighted by Crippen LogP contribution is -2.24. The quantitative estimate of drug-likeness (QED) is 0.179. The zero-order valence-corrected chi connectivity index (χ0v) is 4.57. The summed E-state index contributed by atoms with van der Waals surface area (Å²) in [5, 5.41) is 7.65. The van der Waals surface area contributed by atoms with E-state index in [1.165, 1.54) is 0 Å². The van der Waals surface area contributed by atoms with Crippen LogP contribution >= 0.6 is 0 Å². The Kier molecular flexibility index (Phi) is 3.14. The van der Waals surface area contributed by atoms with E-state index < -0.39 is 5.97 Å². The summed E-state index contributed by atoms with van der Waals surface area (Å²) in [6, 6.07) is 0. The lowest BCUT2D eigenvalue weighted by Gasteiger charge is -1.89. The van der Waals surface area contributed by atoms with Gasteiger partial charge in [-0.3, -0.25) is 4.89 Å². The molecule has 0 fully saturated rings. The van der Waals surface area contributed by atoms with E-state index in [-0.39, 0.29) is 12.5 Å². The molecule has 0 amide bonds. The summed E-state index contributed by atoms with van der Waals surface area (Å²) < 4.78 is 0. The number of rotatable bonds is 2. The second-order valence-electron chi connectivity index (χ2n) is 1.20. The van der Waals surface area contributed by atoms with E-state index in [4.69, 9.17) is 16.7 Å². The van der Waals surface area contributed by atoms with Crippen molar-refractivity contribution in [3.8, 4) is 0 Å². The summed E-state index contributed by atoms with van der Waals surface area (Å²) in [4.78, 5) is 16.5. The molecular formula is C3H7N3O3. The maximum absolute atomic E-state index is 10.0. The summed E-state index contributed by atoms with van der Waals surface area (Å²) in [5.74, 6) is -1.12. The monoisotopic (exact) mass is 133 g/mol. The largest absolute Gasteiger partial charge is 0.370 e. The van der Waals surface area contributed by atoms with Crippen LogP contribution in [-0.4, -0.2) is 23.7 Å². The van der Waals surface area contributed by atoms with Crippen molar-refractivity contribution in [1.29, 1.82) is 0 Å². The Labute approximate surface area is 51.0 Å². The highest BCUT2D eigenvalue weighted by molar-refractivity contribution is 5.79. The van der Waals surface area contributed by atoms with E-state index in [0.717, 1.165) is 0 Å². The zero-order chi connectivity index (χ0) is 7.28. The van der Waals surface area contributed by atoms with Crippen molar-refractivity contribution in [2.45, 2.75) is 0 Å². The van der Waals surface area contributed by atoms with Crippen LogP contribution in [0.5, 0.6) is 0 Å². The van der Waals surface area contributed by atoms with Crippen LogP contribution < -0.4 is 11.5 Å². The first-order valence-corrected chi connectivity index (χ1v) is 2.06. The number of carbonyl (C=O) groups excluding carboxylic acids is 1. The Balaban J connectivity index is 3.50. The number of carbonyl (C=O) groups is 1. The normalized spacial score (nSPS) is 8.11. The average Bonchev–Trinajstić information content (AvgIpc) is 1.83. The summed E-state index contributed by atoms with van der Waals surface area (Å²) in [7, 11) is 0. The molecule has 0 saturated heterocycles. The topological polar surface area (TPSA) is 111 Å². The molecule has 0 spiro atoms. The fourth-order valence-electron chi connectivity index (χ4n) is 0.185. The number of hydrogen-bond donors (Lipinski definition) is 3. The third-order valence-corrected chi connectivity index (χ3v) is 0.493. The summed E-state index contributed by atoms with van der Waals surface area (Å²) in [6.07, 6.45) is 0. The van der Waals surface area contributed by atoms with Crippen LogP contribution in [0.2, 0.25) is 0 Å². The van der Waals surface area contributed by atoms with E-state index >= 15 is 0 Å². The third-order valence-electron chi connectivity index (χ3n) is 0.493. The van der Waals surface area contributed by atoms with Crippen LogP contribution in [0.4, 0.5) is 0 Å². The summed E-state index contributed by atoms with van der Waals surface area (Å²) in [5.41, 5.74) is 9.67. The van der Waals surface area contributed by atoms with Crippen molar-refractivity contribution in [2.75, 3.05) is 6.54 Å². The van der Waals surface area contributed by atoms with Crippen molar-refractivity contribution in [3.05, 3.63) is 0 Å². The first-order valence-electron chi connectivity index (χ1n) is 2.06. The number of aliphatic imine (C=N–C) groups is 1. The molecular weight excluding hydrogens is 126 g/mol. The first-order chi connectivity index (χ1) is 4.16. The smallest absolute Gasteiger partial charge is 0.363 e. The average molecular weight is 133 g/mol. The van der Waals surface area contributed by atoms with Crippen LogP contribution in [0.1, 0.15) is 0 Å². The molecule has 0 aromatic heterocycles. The predicted octanol–water partition coefficient (Wildman–Crippen LogP) is -1.72. The number of hydrogen-bond acceptors (Lipinski definition) is 4. The Morgan fingerprint density at radius 3 is 2.56 bits per heavy atom. The maximum atomic E-state index is 10.0. The molecule has 6 nitrogen and oxygen atoms in total. The Morgan fingerprint density at radius 2 is 2.22 bits per heavy atom. The van der Waals surface area contributed by atoms with Crippen LogP contribution in [0.3, 0.4) is 0 Å². The highest BCUT2D eigenvalue weighted by Crippen LogP contribution is 1.72. The van der Waals surface area contributed by atoms with Gasteiger partial charge in [0.1, 0.15) is 6.54 Å². The molecule has 0 aliphatic heterocycles. The molecule has 0 unspecified atom stereocenters. The van der Waals surface area contributed by atoms with Crippen molar-refractivity contribution < 1.29 is 14.9 Å². The first kappa shape index (κ1) is 7.70. The van der Waals surface area contributed by atoms with Crippen LogP contribution in [0.25, 0.3) is 0 Å². The van der Waals surface area contributed by atoms with Gasteiger partial charge in [-0.05, 0) is 0 Å². The lowest BCUT2D eigenvalue weighted by molar-refractivity contribution is -0.232. The van der Waals surface area contributed by atoms with Crippen molar-refractivity contribution in [3.63, 3.8) is 0 Å². The molecule has 0 heterocycles. The van der Waals surface area contributed by atoms with Gasteiger partial charge >= 0.3 is 5.97 Å². The van der Waals surface area contributed by atoms with Gasteiger partial charge in [0.2, 0.25) is 0 Å². The third kappa shape index (κ3) is 4.56. The second-order valence-corrected chi connectivity index (χ2v) is 1.20. The number of nitrogens with two attached hydrogens (primary N) is 2. The van der Waals surface area contributed by atoms with Gasteiger partial charge in [-0.1, -0.05) is 0 Å². The molecule has 9 heavy (non-hydrogen) atoms. The van der Waals surface area contributed by atoms with Crippen molar-refractivity contribution >= 4 is 11.9 Å². The molecule has 5 N–H and O–H groups in total. The van der Waals surface area contributed by atoms with Gasteiger partial charge in [0.25, 0.3) is 0 Å². The number of guanidine groups is 1. The summed E-state index contributed by atoms with van der Waals surface area (Å²) >= 11 is 0. The highest BCUT2D eigenvalue weighted by Gasteiger charge is 1.97. The van der Waals surface area contributed by atoms with E-state index in [1.54, 1.807) is 0 Å². The minimum Gasteiger partial charge on any atom is -0.370 e. The minimum atomic E-state index is -0.900. The van der Waals surface area contributed by atoms with Crippen LogP contribution in [-0.2, 0) is 9.68 Å². The van der Waals surface area contributed by atoms with E-state index in [9.17, 15) is 4.79 Å². The summed E-state index contributed by atoms with van der Waals surface area (Å²) in [6.45, 7) is -0.362. The highest BCUT2D eigenvalue weighted by atomic mass is 17.1. The fraction of sp³-hybridized carbons (Fsp3) is 0.333. The zero-order valence-electron chi connectivity index (χ0n) is 4.57. The minimum absolute atomic E-state index is 0.222. The molecule has 52 valence electrons. The van der Waals surface area contributed by atoms with Crippen molar-refractivity contribution in [1.82, 2.24) is 0 Å². The lowest BCUT2D eigenvalue weighted by atomic mass is 10.7. The molecule has 0 radical (unpaired) electrons. The van der Waals surface area contributed by atoms with Crippen molar-refractivity contribution in [2.24, 2.45) is 16.5 Å².